The van der Waals surface area contributed by atoms with Crippen molar-refractivity contribution in [3.63, 3.8) is 0 Å². The van der Waals surface area contributed by atoms with E-state index in [0.29, 0.717) is 0 Å². The highest BCUT2D eigenvalue weighted by Gasteiger charge is 2.06. The van der Waals surface area contributed by atoms with E-state index in [1.165, 1.54) is 12.8 Å². The smallest absolute Gasteiger partial charge is 0.0362 e. The molecular weight excluding hydrogens is 124 g/mol. The number of rotatable bonds is 4. The molecule has 0 rings (SSSR count). The molecule has 0 aromatic carbocycles. The van der Waals surface area contributed by atoms with Crippen LogP contribution in [0, 0.1) is 0 Å². The van der Waals surface area contributed by atoms with Crippen LogP contribution >= 0.6 is 0 Å². The SMILES string of the molecule is CCCC[SiH](C)C(C)C. The highest BCUT2D eigenvalue weighted by Crippen LogP contribution is 2.13. The first-order valence-corrected chi connectivity index (χ1v) is 6.82. The lowest BCUT2D eigenvalue weighted by atomic mass is 10.4. The molecule has 0 aromatic rings. The summed E-state index contributed by atoms with van der Waals surface area (Å²) in [5.74, 6) is 0. The zero-order valence-electron chi connectivity index (χ0n) is 7.28. The maximum absolute atomic E-state index is 2.49. The lowest BCUT2D eigenvalue weighted by Crippen LogP contribution is -2.10. The van der Waals surface area contributed by atoms with Gasteiger partial charge in [0.25, 0.3) is 0 Å². The third kappa shape index (κ3) is 4.70. The predicted molar refractivity (Wildman–Crippen MR) is 47.8 cm³/mol. The lowest BCUT2D eigenvalue weighted by Gasteiger charge is -2.11. The average Bonchev–Trinajstić information content (AvgIpc) is 1.82. The van der Waals surface area contributed by atoms with Gasteiger partial charge in [-0.15, -0.1) is 0 Å². The maximum atomic E-state index is 2.49. The molecule has 0 radical (unpaired) electrons. The molecule has 0 spiro atoms. The van der Waals surface area contributed by atoms with Gasteiger partial charge in [0.15, 0.2) is 0 Å². The molecule has 1 heteroatoms. The summed E-state index contributed by atoms with van der Waals surface area (Å²) < 4.78 is 0. The van der Waals surface area contributed by atoms with E-state index in [9.17, 15) is 0 Å². The number of hydrogen-bond acceptors (Lipinski definition) is 0. The molecule has 9 heavy (non-hydrogen) atoms. The fourth-order valence-corrected chi connectivity index (χ4v) is 2.58. The molecule has 0 nitrogen and oxygen atoms in total. The Labute approximate surface area is 61.3 Å². The minimum absolute atomic E-state index is 0.293. The third-order valence-electron chi connectivity index (χ3n) is 2.15. The van der Waals surface area contributed by atoms with Crippen LogP contribution < -0.4 is 0 Å². The zero-order chi connectivity index (χ0) is 7.28. The van der Waals surface area contributed by atoms with Gasteiger partial charge in [0.2, 0.25) is 0 Å². The van der Waals surface area contributed by atoms with Crippen LogP contribution in [0.5, 0.6) is 0 Å². The van der Waals surface area contributed by atoms with Gasteiger partial charge in [-0.2, -0.15) is 0 Å². The summed E-state index contributed by atoms with van der Waals surface area (Å²) in [6.45, 7) is 9.50. The molecule has 0 amide bonds. The molecule has 0 aliphatic rings. The first-order valence-electron chi connectivity index (χ1n) is 4.18. The van der Waals surface area contributed by atoms with Crippen molar-refractivity contribution in [3.05, 3.63) is 0 Å². The van der Waals surface area contributed by atoms with Crippen molar-refractivity contribution in [3.8, 4) is 0 Å². The molecule has 1 atom stereocenters. The molecule has 0 aromatic heterocycles. The van der Waals surface area contributed by atoms with Gasteiger partial charge in [0.05, 0.1) is 0 Å². The van der Waals surface area contributed by atoms with Crippen molar-refractivity contribution in [1.29, 1.82) is 0 Å². The molecule has 0 saturated carbocycles. The van der Waals surface area contributed by atoms with E-state index >= 15 is 0 Å². The second-order valence-corrected chi connectivity index (χ2v) is 7.23. The van der Waals surface area contributed by atoms with Gasteiger partial charge in [0, 0.05) is 8.80 Å². The summed E-state index contributed by atoms with van der Waals surface area (Å²) in [6.07, 6.45) is 2.84. The van der Waals surface area contributed by atoms with Crippen LogP contribution in [0.3, 0.4) is 0 Å². The molecule has 0 bridgehead atoms. The maximum Gasteiger partial charge on any atom is 0.0362 e. The number of unbranched alkanes of at least 4 members (excludes halogenated alkanes) is 1. The second-order valence-electron chi connectivity index (χ2n) is 3.36. The average molecular weight is 144 g/mol. The minimum Gasteiger partial charge on any atom is -0.0718 e. The van der Waals surface area contributed by atoms with Crippen molar-refractivity contribution < 1.29 is 0 Å². The van der Waals surface area contributed by atoms with Crippen molar-refractivity contribution in [2.75, 3.05) is 0 Å². The van der Waals surface area contributed by atoms with Gasteiger partial charge in [0.1, 0.15) is 0 Å². The molecule has 56 valence electrons. The summed E-state index contributed by atoms with van der Waals surface area (Å²) in [4.78, 5) is 0. The summed E-state index contributed by atoms with van der Waals surface area (Å²) in [6, 6.07) is 1.55. The highest BCUT2D eigenvalue weighted by molar-refractivity contribution is 6.58. The van der Waals surface area contributed by atoms with Crippen LogP contribution in [0.1, 0.15) is 33.6 Å². The fraction of sp³-hybridized carbons (Fsp3) is 1.00. The first kappa shape index (κ1) is 9.22. The largest absolute Gasteiger partial charge is 0.0718 e. The fourth-order valence-electron chi connectivity index (χ4n) is 0.859. The van der Waals surface area contributed by atoms with Crippen LogP contribution in [0.15, 0.2) is 0 Å². The molecule has 0 saturated heterocycles. The molecule has 0 aliphatic heterocycles. The molecule has 0 fully saturated rings. The van der Waals surface area contributed by atoms with Gasteiger partial charge in [-0.25, -0.2) is 0 Å². The molecular formula is C8H20Si. The Morgan fingerprint density at radius 1 is 1.33 bits per heavy atom. The van der Waals surface area contributed by atoms with E-state index in [1.54, 1.807) is 6.04 Å². The zero-order valence-corrected chi connectivity index (χ0v) is 8.43. The van der Waals surface area contributed by atoms with Crippen LogP contribution in [-0.4, -0.2) is 8.80 Å². The minimum atomic E-state index is -0.293. The van der Waals surface area contributed by atoms with Gasteiger partial charge in [-0.1, -0.05) is 51.7 Å². The quantitative estimate of drug-likeness (QED) is 0.532. The summed E-state index contributed by atoms with van der Waals surface area (Å²) in [5.41, 5.74) is 1.01. The summed E-state index contributed by atoms with van der Waals surface area (Å²) >= 11 is 0. The van der Waals surface area contributed by atoms with Crippen LogP contribution in [0.25, 0.3) is 0 Å². The standard InChI is InChI=1S/C8H20Si/c1-5-6-7-9(4)8(2)3/h8-9H,5-7H2,1-4H3. The van der Waals surface area contributed by atoms with E-state index in [0.717, 1.165) is 5.54 Å². The Kier molecular flexibility index (Phi) is 5.16. The summed E-state index contributed by atoms with van der Waals surface area (Å²) in [7, 11) is -0.293. The van der Waals surface area contributed by atoms with E-state index in [4.69, 9.17) is 0 Å². The van der Waals surface area contributed by atoms with E-state index in [2.05, 4.69) is 27.3 Å². The Balaban J connectivity index is 3.16. The van der Waals surface area contributed by atoms with Gasteiger partial charge in [-0.05, 0) is 0 Å². The number of hydrogen-bond donors (Lipinski definition) is 0. The Bertz CT molecular complexity index is 59.6. The van der Waals surface area contributed by atoms with Crippen LogP contribution in [0.4, 0.5) is 0 Å². The molecule has 0 aliphatic carbocycles. The second kappa shape index (κ2) is 5.04. The van der Waals surface area contributed by atoms with Gasteiger partial charge < -0.3 is 0 Å². The monoisotopic (exact) mass is 144 g/mol. The topological polar surface area (TPSA) is 0 Å². The Morgan fingerprint density at radius 3 is 2.22 bits per heavy atom. The first-order chi connectivity index (χ1) is 4.18. The lowest BCUT2D eigenvalue weighted by molar-refractivity contribution is 0.859. The van der Waals surface area contributed by atoms with Crippen molar-refractivity contribution in [2.24, 2.45) is 0 Å². The predicted octanol–water partition coefficient (Wildman–Crippen LogP) is 3.05. The molecule has 0 N–H and O–H groups in total. The van der Waals surface area contributed by atoms with Crippen molar-refractivity contribution >= 4 is 8.80 Å². The van der Waals surface area contributed by atoms with Gasteiger partial charge >= 0.3 is 0 Å². The van der Waals surface area contributed by atoms with E-state index in [1.807, 2.05) is 0 Å². The normalized spacial score (nSPS) is 14.3. The van der Waals surface area contributed by atoms with E-state index in [-0.39, 0.29) is 8.80 Å². The summed E-state index contributed by atoms with van der Waals surface area (Å²) in [5, 5.41) is 0. The Hall–Kier alpha value is 0.217. The third-order valence-corrected chi connectivity index (χ3v) is 5.75. The van der Waals surface area contributed by atoms with E-state index < -0.39 is 0 Å². The van der Waals surface area contributed by atoms with Crippen molar-refractivity contribution in [1.82, 2.24) is 0 Å². The van der Waals surface area contributed by atoms with Crippen molar-refractivity contribution in [2.45, 2.75) is 51.7 Å². The molecule has 0 heterocycles. The van der Waals surface area contributed by atoms with Crippen LogP contribution in [0.2, 0.25) is 18.1 Å². The van der Waals surface area contributed by atoms with Crippen LogP contribution in [-0.2, 0) is 0 Å². The van der Waals surface area contributed by atoms with Gasteiger partial charge in [-0.3, -0.25) is 0 Å². The Morgan fingerprint density at radius 2 is 1.89 bits per heavy atom. The molecule has 1 unspecified atom stereocenters. The highest BCUT2D eigenvalue weighted by atomic mass is 28.3.